The van der Waals surface area contributed by atoms with Crippen LogP contribution in [-0.2, 0) is 9.84 Å². The fraction of sp³-hybridized carbons (Fsp3) is 0.389. The fourth-order valence-electron chi connectivity index (χ4n) is 2.59. The Hall–Kier alpha value is -1.68. The number of hydrogen-bond donors (Lipinski definition) is 0. The van der Waals surface area contributed by atoms with Gasteiger partial charge in [-0.15, -0.1) is 0 Å². The Morgan fingerprint density at radius 2 is 1.73 bits per heavy atom. The van der Waals surface area contributed by atoms with E-state index in [2.05, 4.69) is 11.9 Å². The molecule has 0 aliphatic rings. The lowest BCUT2D eigenvalue weighted by molar-refractivity contribution is 0.562. The first-order chi connectivity index (χ1) is 10.6. The van der Waals surface area contributed by atoms with E-state index >= 15 is 0 Å². The summed E-state index contributed by atoms with van der Waals surface area (Å²) in [7, 11) is -3.36. The first-order valence-corrected chi connectivity index (χ1v) is 9.47. The van der Waals surface area contributed by atoms with Crippen molar-refractivity contribution in [3.8, 4) is 0 Å². The molecule has 118 valence electrons. The highest BCUT2D eigenvalue weighted by atomic mass is 32.2. The van der Waals surface area contributed by atoms with Gasteiger partial charge in [-0.25, -0.2) is 13.4 Å². The summed E-state index contributed by atoms with van der Waals surface area (Å²) in [5.74, 6) is 0.150. The molecule has 0 aliphatic carbocycles. The summed E-state index contributed by atoms with van der Waals surface area (Å²) in [5.41, 5.74) is 1.10. The van der Waals surface area contributed by atoms with Gasteiger partial charge in [0.2, 0.25) is 0 Å². The number of pyridine rings is 1. The molecule has 2 aromatic rings. The van der Waals surface area contributed by atoms with Crippen LogP contribution >= 0.6 is 0 Å². The highest BCUT2D eigenvalue weighted by Crippen LogP contribution is 2.26. The molecular weight excluding hydrogens is 294 g/mol. The number of benzene rings is 1. The Kier molecular flexibility index (Phi) is 6.13. The maximum Gasteiger partial charge on any atom is 0.196 e. The number of aromatic nitrogens is 1. The number of unbranched alkanes of at least 4 members (excludes halogenated alkanes) is 2. The molecule has 0 aliphatic heterocycles. The molecule has 0 radical (unpaired) electrons. The molecule has 1 aromatic carbocycles. The van der Waals surface area contributed by atoms with Gasteiger partial charge in [-0.2, -0.15) is 0 Å². The zero-order valence-corrected chi connectivity index (χ0v) is 13.8. The minimum absolute atomic E-state index is 0.0276. The van der Waals surface area contributed by atoms with Crippen LogP contribution < -0.4 is 0 Å². The maximum atomic E-state index is 12.6. The van der Waals surface area contributed by atoms with Gasteiger partial charge >= 0.3 is 0 Å². The summed E-state index contributed by atoms with van der Waals surface area (Å²) >= 11 is 0. The van der Waals surface area contributed by atoms with Crippen LogP contribution in [0.3, 0.4) is 0 Å². The van der Waals surface area contributed by atoms with Crippen LogP contribution in [0, 0.1) is 0 Å². The largest absolute Gasteiger partial charge is 0.245 e. The van der Waals surface area contributed by atoms with Crippen molar-refractivity contribution >= 4 is 9.84 Å². The summed E-state index contributed by atoms with van der Waals surface area (Å²) in [5, 5.41) is 0.173. The lowest BCUT2D eigenvalue weighted by atomic mass is 9.95. The van der Waals surface area contributed by atoms with E-state index in [0.29, 0.717) is 0 Å². The van der Waals surface area contributed by atoms with Crippen molar-refractivity contribution in [1.29, 1.82) is 0 Å². The average molecular weight is 317 g/mol. The molecule has 1 aromatic heterocycles. The Morgan fingerprint density at radius 3 is 2.36 bits per heavy atom. The number of hydrogen-bond acceptors (Lipinski definition) is 3. The molecule has 1 atom stereocenters. The number of sulfone groups is 1. The second-order valence-corrected chi connectivity index (χ2v) is 7.53. The monoisotopic (exact) mass is 317 g/mol. The number of rotatable bonds is 8. The molecule has 0 bridgehead atoms. The minimum Gasteiger partial charge on any atom is -0.245 e. The second-order valence-electron chi connectivity index (χ2n) is 5.55. The van der Waals surface area contributed by atoms with E-state index < -0.39 is 9.84 Å². The Bertz CT molecular complexity index is 654. The standard InChI is InChI=1S/C18H23NO2S/c1-2-3-5-12-17(16-10-6-4-7-11-16)15-22(20,21)18-13-8-9-14-19-18/h4,6-11,13-14,17H,2-3,5,12,15H2,1H3/t17-/m1/s1. The van der Waals surface area contributed by atoms with Crippen molar-refractivity contribution in [2.45, 2.75) is 43.6 Å². The zero-order chi connectivity index (χ0) is 15.8. The van der Waals surface area contributed by atoms with E-state index in [9.17, 15) is 8.42 Å². The summed E-state index contributed by atoms with van der Waals surface area (Å²) in [6, 6.07) is 15.0. The predicted molar refractivity (Wildman–Crippen MR) is 89.6 cm³/mol. The van der Waals surface area contributed by atoms with E-state index in [1.165, 1.54) is 6.20 Å². The SMILES string of the molecule is CCCCC[C@H](CS(=O)(=O)c1ccccn1)c1ccccc1. The van der Waals surface area contributed by atoms with Gasteiger partial charge in [0.05, 0.1) is 5.75 Å². The van der Waals surface area contributed by atoms with Gasteiger partial charge in [-0.1, -0.05) is 62.6 Å². The topological polar surface area (TPSA) is 47.0 Å². The van der Waals surface area contributed by atoms with Crippen LogP contribution in [0.15, 0.2) is 59.8 Å². The fourth-order valence-corrected chi connectivity index (χ4v) is 4.16. The van der Waals surface area contributed by atoms with E-state index in [0.717, 1.165) is 31.2 Å². The molecule has 1 heterocycles. The van der Waals surface area contributed by atoms with Crippen molar-refractivity contribution in [1.82, 2.24) is 4.98 Å². The van der Waals surface area contributed by atoms with Gasteiger partial charge < -0.3 is 0 Å². The van der Waals surface area contributed by atoms with Gasteiger partial charge in [-0.3, -0.25) is 0 Å². The molecule has 0 fully saturated rings. The third-order valence-corrected chi connectivity index (χ3v) is 5.52. The van der Waals surface area contributed by atoms with Gasteiger partial charge in [0.15, 0.2) is 14.9 Å². The van der Waals surface area contributed by atoms with Crippen molar-refractivity contribution in [3.63, 3.8) is 0 Å². The Morgan fingerprint density at radius 1 is 1.00 bits per heavy atom. The van der Waals surface area contributed by atoms with Crippen molar-refractivity contribution < 1.29 is 8.42 Å². The van der Waals surface area contributed by atoms with Crippen LogP contribution in [0.2, 0.25) is 0 Å². The number of nitrogens with zero attached hydrogens (tertiary/aromatic N) is 1. The Labute approximate surface area is 133 Å². The molecule has 0 saturated carbocycles. The van der Waals surface area contributed by atoms with Gasteiger partial charge in [0.1, 0.15) is 0 Å². The highest BCUT2D eigenvalue weighted by Gasteiger charge is 2.23. The van der Waals surface area contributed by atoms with Crippen molar-refractivity contribution in [2.75, 3.05) is 5.75 Å². The molecule has 0 unspecified atom stereocenters. The normalized spacial score (nSPS) is 13.0. The second kappa shape index (κ2) is 8.08. The lowest BCUT2D eigenvalue weighted by Gasteiger charge is -2.17. The molecule has 0 spiro atoms. The van der Waals surface area contributed by atoms with Crippen LogP contribution in [0.1, 0.15) is 44.1 Å². The van der Waals surface area contributed by atoms with Crippen molar-refractivity contribution in [3.05, 3.63) is 60.3 Å². The van der Waals surface area contributed by atoms with Crippen LogP contribution in [0.5, 0.6) is 0 Å². The van der Waals surface area contributed by atoms with E-state index in [1.54, 1.807) is 18.2 Å². The lowest BCUT2D eigenvalue weighted by Crippen LogP contribution is -2.16. The molecule has 0 saturated heterocycles. The van der Waals surface area contributed by atoms with E-state index in [-0.39, 0.29) is 16.7 Å². The summed E-state index contributed by atoms with van der Waals surface area (Å²) < 4.78 is 25.2. The molecular formula is C18H23NO2S. The van der Waals surface area contributed by atoms with Crippen LogP contribution in [0.4, 0.5) is 0 Å². The molecule has 4 heteroatoms. The summed E-state index contributed by atoms with van der Waals surface area (Å²) in [6.07, 6.45) is 5.74. The van der Waals surface area contributed by atoms with E-state index in [1.807, 2.05) is 30.3 Å². The van der Waals surface area contributed by atoms with E-state index in [4.69, 9.17) is 0 Å². The smallest absolute Gasteiger partial charge is 0.196 e. The quantitative estimate of drug-likeness (QED) is 0.685. The van der Waals surface area contributed by atoms with Crippen molar-refractivity contribution in [2.24, 2.45) is 0 Å². The average Bonchev–Trinajstić information content (AvgIpc) is 2.56. The Balaban J connectivity index is 2.19. The third-order valence-electron chi connectivity index (χ3n) is 3.80. The first kappa shape index (κ1) is 16.7. The van der Waals surface area contributed by atoms with Gasteiger partial charge in [-0.05, 0) is 30.0 Å². The molecule has 0 amide bonds. The van der Waals surface area contributed by atoms with Crippen LogP contribution in [-0.4, -0.2) is 19.2 Å². The molecule has 3 nitrogen and oxygen atoms in total. The molecule has 22 heavy (non-hydrogen) atoms. The highest BCUT2D eigenvalue weighted by molar-refractivity contribution is 7.91. The third kappa shape index (κ3) is 4.67. The molecule has 0 N–H and O–H groups in total. The maximum absolute atomic E-state index is 12.6. The first-order valence-electron chi connectivity index (χ1n) is 7.82. The van der Waals surface area contributed by atoms with Crippen LogP contribution in [0.25, 0.3) is 0 Å². The minimum atomic E-state index is -3.36. The summed E-state index contributed by atoms with van der Waals surface area (Å²) in [6.45, 7) is 2.15. The predicted octanol–water partition coefficient (Wildman–Crippen LogP) is 4.22. The van der Waals surface area contributed by atoms with Gasteiger partial charge in [0, 0.05) is 6.20 Å². The van der Waals surface area contributed by atoms with Gasteiger partial charge in [0.25, 0.3) is 0 Å². The zero-order valence-electron chi connectivity index (χ0n) is 13.0. The summed E-state index contributed by atoms with van der Waals surface area (Å²) in [4.78, 5) is 4.01. The molecule has 2 rings (SSSR count).